The van der Waals surface area contributed by atoms with Gasteiger partial charge in [0.05, 0.1) is 22.3 Å². The van der Waals surface area contributed by atoms with Gasteiger partial charge in [-0.3, -0.25) is 14.2 Å². The maximum absolute atomic E-state index is 13.8. The van der Waals surface area contributed by atoms with Gasteiger partial charge in [-0.15, -0.1) is 11.3 Å². The van der Waals surface area contributed by atoms with Crippen LogP contribution in [0.2, 0.25) is 0 Å². The molecule has 1 N–H and O–H groups in total. The molecule has 5 aromatic rings. The molecule has 1 amide bonds. The van der Waals surface area contributed by atoms with Crippen molar-refractivity contribution in [1.29, 1.82) is 0 Å². The topological polar surface area (TPSA) is 103 Å². The fourth-order valence-electron chi connectivity index (χ4n) is 3.63. The predicted molar refractivity (Wildman–Crippen MR) is 127 cm³/mol. The van der Waals surface area contributed by atoms with Gasteiger partial charge in [0.25, 0.3) is 11.4 Å². The second kappa shape index (κ2) is 8.84. The Morgan fingerprint density at radius 3 is 2.77 bits per heavy atom. The van der Waals surface area contributed by atoms with Gasteiger partial charge in [-0.25, -0.2) is 13.8 Å². The fourth-order valence-corrected chi connectivity index (χ4v) is 4.69. The lowest BCUT2D eigenvalue weighted by molar-refractivity contribution is -0.116. The molecular formula is C24H17F2N5O3S. The van der Waals surface area contributed by atoms with Gasteiger partial charge in [-0.05, 0) is 37.6 Å². The van der Waals surface area contributed by atoms with Gasteiger partial charge in [0.2, 0.25) is 11.7 Å². The molecule has 0 unspecified atom stereocenters. The van der Waals surface area contributed by atoms with Crippen LogP contribution in [0.1, 0.15) is 11.1 Å². The molecule has 0 spiro atoms. The average molecular weight is 493 g/mol. The van der Waals surface area contributed by atoms with E-state index in [9.17, 15) is 18.4 Å². The summed E-state index contributed by atoms with van der Waals surface area (Å²) in [6.45, 7) is 3.31. The van der Waals surface area contributed by atoms with E-state index < -0.39 is 29.6 Å². The zero-order chi connectivity index (χ0) is 24.7. The van der Waals surface area contributed by atoms with Gasteiger partial charge >= 0.3 is 0 Å². The highest BCUT2D eigenvalue weighted by atomic mass is 32.1. The van der Waals surface area contributed by atoms with E-state index in [2.05, 4.69) is 20.4 Å². The van der Waals surface area contributed by atoms with Crippen LogP contribution >= 0.6 is 11.3 Å². The number of anilines is 1. The van der Waals surface area contributed by atoms with Crippen molar-refractivity contribution >= 4 is 33.1 Å². The summed E-state index contributed by atoms with van der Waals surface area (Å²) in [5, 5.41) is 6.71. The minimum absolute atomic E-state index is 0.187. The first-order chi connectivity index (χ1) is 16.8. The quantitative estimate of drug-likeness (QED) is 0.380. The Hall–Kier alpha value is -4.25. The number of thiophene rings is 1. The fraction of sp³-hybridized carbons (Fsp3) is 0.125. The number of aryl methyl sites for hydroxylation is 2. The highest BCUT2D eigenvalue weighted by Crippen LogP contribution is 2.35. The highest BCUT2D eigenvalue weighted by Gasteiger charge is 2.21. The molecule has 0 aliphatic carbocycles. The Labute approximate surface area is 200 Å². The Balaban J connectivity index is 1.44. The largest absolute Gasteiger partial charge is 0.333 e. The van der Waals surface area contributed by atoms with E-state index >= 15 is 0 Å². The molecule has 5 rings (SSSR count). The number of rotatable bonds is 5. The summed E-state index contributed by atoms with van der Waals surface area (Å²) in [6, 6.07) is 10.5. The van der Waals surface area contributed by atoms with Gasteiger partial charge in [-0.2, -0.15) is 4.98 Å². The summed E-state index contributed by atoms with van der Waals surface area (Å²) in [6.07, 6.45) is 1.25. The van der Waals surface area contributed by atoms with Crippen molar-refractivity contribution < 1.29 is 18.1 Å². The zero-order valence-corrected chi connectivity index (χ0v) is 19.3. The normalized spacial score (nSPS) is 11.2. The van der Waals surface area contributed by atoms with E-state index in [1.807, 2.05) is 31.2 Å². The van der Waals surface area contributed by atoms with E-state index in [-0.39, 0.29) is 11.6 Å². The maximum atomic E-state index is 13.8. The van der Waals surface area contributed by atoms with Crippen LogP contribution in [0.3, 0.4) is 0 Å². The van der Waals surface area contributed by atoms with Gasteiger partial charge in [-0.1, -0.05) is 28.9 Å². The summed E-state index contributed by atoms with van der Waals surface area (Å²) in [5.41, 5.74) is 1.84. The van der Waals surface area contributed by atoms with Crippen LogP contribution in [0.25, 0.3) is 32.4 Å². The molecule has 176 valence electrons. The first kappa shape index (κ1) is 22.5. The Morgan fingerprint density at radius 1 is 1.17 bits per heavy atom. The van der Waals surface area contributed by atoms with Crippen LogP contribution in [0.4, 0.5) is 14.5 Å². The van der Waals surface area contributed by atoms with Crippen LogP contribution in [-0.2, 0) is 11.3 Å². The Morgan fingerprint density at radius 2 is 2.00 bits per heavy atom. The third-order valence-corrected chi connectivity index (χ3v) is 6.52. The van der Waals surface area contributed by atoms with Crippen molar-refractivity contribution in [3.63, 3.8) is 0 Å². The van der Waals surface area contributed by atoms with Crippen LogP contribution < -0.4 is 10.9 Å². The minimum Gasteiger partial charge on any atom is -0.333 e. The minimum atomic E-state index is -0.915. The molecular weight excluding hydrogens is 476 g/mol. The molecule has 0 aliphatic rings. The van der Waals surface area contributed by atoms with Crippen molar-refractivity contribution in [3.8, 4) is 22.2 Å². The van der Waals surface area contributed by atoms with E-state index in [0.717, 1.165) is 27.8 Å². The number of hydrogen-bond donors (Lipinski definition) is 1. The Kier molecular flexibility index (Phi) is 5.69. The number of hydrogen-bond acceptors (Lipinski definition) is 7. The molecule has 0 saturated carbocycles. The number of fused-ring (bicyclic) bond motifs is 1. The maximum Gasteiger partial charge on any atom is 0.268 e. The summed E-state index contributed by atoms with van der Waals surface area (Å²) in [5.74, 6) is -1.65. The standard InChI is InChI=1S/C24H17F2N5O3S/c1-12-4-3-5-14(8-12)21-29-22(34-30-21)20-13(2)19-23(35-20)27-11-31(24(19)33)10-18(32)28-17-7-6-15(25)9-16(17)26/h3-9,11H,10H2,1-2H3,(H,28,32). The first-order valence-electron chi connectivity index (χ1n) is 10.4. The number of carbonyl (C=O) groups excluding carboxylic acids is 1. The number of carbonyl (C=O) groups is 1. The summed E-state index contributed by atoms with van der Waals surface area (Å²) in [7, 11) is 0. The second-order valence-electron chi connectivity index (χ2n) is 7.88. The molecule has 0 atom stereocenters. The van der Waals surface area contributed by atoms with Crippen molar-refractivity contribution in [2.24, 2.45) is 0 Å². The SMILES string of the molecule is Cc1cccc(-c2noc(-c3sc4ncn(CC(=O)Nc5ccc(F)cc5F)c(=O)c4c3C)n2)c1. The number of halogens is 2. The van der Waals surface area contributed by atoms with Crippen LogP contribution in [0.15, 0.2) is 58.1 Å². The molecule has 3 heterocycles. The highest BCUT2D eigenvalue weighted by molar-refractivity contribution is 7.22. The number of nitrogens with one attached hydrogen (secondary N) is 1. The van der Waals surface area contributed by atoms with Crippen molar-refractivity contribution in [1.82, 2.24) is 19.7 Å². The van der Waals surface area contributed by atoms with E-state index in [0.29, 0.717) is 32.5 Å². The van der Waals surface area contributed by atoms with Crippen molar-refractivity contribution in [3.05, 3.63) is 81.9 Å². The lowest BCUT2D eigenvalue weighted by Gasteiger charge is -2.08. The van der Waals surface area contributed by atoms with E-state index in [1.54, 1.807) is 6.92 Å². The summed E-state index contributed by atoms with van der Waals surface area (Å²) in [4.78, 5) is 35.4. The van der Waals surface area contributed by atoms with Crippen LogP contribution in [0.5, 0.6) is 0 Å². The van der Waals surface area contributed by atoms with Gasteiger partial charge in [0.15, 0.2) is 0 Å². The zero-order valence-electron chi connectivity index (χ0n) is 18.5. The number of benzene rings is 2. The average Bonchev–Trinajstić information content (AvgIpc) is 3.43. The molecule has 2 aromatic carbocycles. The van der Waals surface area contributed by atoms with Gasteiger partial charge in [0.1, 0.15) is 23.0 Å². The molecule has 3 aromatic heterocycles. The third-order valence-electron chi connectivity index (χ3n) is 5.33. The monoisotopic (exact) mass is 493 g/mol. The molecule has 8 nitrogen and oxygen atoms in total. The smallest absolute Gasteiger partial charge is 0.268 e. The van der Waals surface area contributed by atoms with Crippen molar-refractivity contribution in [2.75, 3.05) is 5.32 Å². The van der Waals surface area contributed by atoms with Crippen LogP contribution in [-0.4, -0.2) is 25.6 Å². The summed E-state index contributed by atoms with van der Waals surface area (Å²) >= 11 is 1.23. The van der Waals surface area contributed by atoms with Crippen molar-refractivity contribution in [2.45, 2.75) is 20.4 Å². The molecule has 0 aliphatic heterocycles. The molecule has 0 bridgehead atoms. The second-order valence-corrected chi connectivity index (χ2v) is 8.88. The van der Waals surface area contributed by atoms with Gasteiger partial charge < -0.3 is 9.84 Å². The number of aromatic nitrogens is 4. The number of nitrogens with zero attached hydrogens (tertiary/aromatic N) is 4. The van der Waals surface area contributed by atoms with Gasteiger partial charge in [0, 0.05) is 11.6 Å². The first-order valence-corrected chi connectivity index (χ1v) is 11.3. The molecule has 0 saturated heterocycles. The lowest BCUT2D eigenvalue weighted by Crippen LogP contribution is -2.28. The molecule has 0 radical (unpaired) electrons. The third kappa shape index (κ3) is 4.33. The van der Waals surface area contributed by atoms with E-state index in [1.165, 1.54) is 17.7 Å². The molecule has 11 heteroatoms. The lowest BCUT2D eigenvalue weighted by atomic mass is 10.1. The number of amides is 1. The Bertz CT molecular complexity index is 1660. The molecule has 35 heavy (non-hydrogen) atoms. The predicted octanol–water partition coefficient (Wildman–Crippen LogP) is 4.71. The summed E-state index contributed by atoms with van der Waals surface area (Å²) < 4.78 is 33.5. The van der Waals surface area contributed by atoms with Crippen LogP contribution in [0, 0.1) is 25.5 Å². The molecule has 0 fully saturated rings. The van der Waals surface area contributed by atoms with E-state index in [4.69, 9.17) is 4.52 Å².